The zero-order chi connectivity index (χ0) is 13.3. The van der Waals surface area contributed by atoms with Gasteiger partial charge in [-0.1, -0.05) is 0 Å². The number of nitrogens with zero attached hydrogens (tertiary/aromatic N) is 4. The summed E-state index contributed by atoms with van der Waals surface area (Å²) >= 11 is 0. The van der Waals surface area contributed by atoms with Gasteiger partial charge in [0.05, 0.1) is 19.3 Å². The molecule has 0 aliphatic carbocycles. The zero-order valence-corrected chi connectivity index (χ0v) is 11.5. The Morgan fingerprint density at radius 1 is 1.39 bits per heavy atom. The predicted molar refractivity (Wildman–Crippen MR) is 68.6 cm³/mol. The molecular weight excluding hydrogens is 232 g/mol. The summed E-state index contributed by atoms with van der Waals surface area (Å²) in [5.74, 6) is 0.645. The summed E-state index contributed by atoms with van der Waals surface area (Å²) in [6.45, 7) is 2.83. The third-order valence-electron chi connectivity index (χ3n) is 3.71. The lowest BCUT2D eigenvalue weighted by Gasteiger charge is -2.40. The molecule has 1 aromatic heterocycles. The van der Waals surface area contributed by atoms with E-state index in [0.29, 0.717) is 5.75 Å². The monoisotopic (exact) mass is 254 g/mol. The quantitative estimate of drug-likeness (QED) is 0.803. The van der Waals surface area contributed by atoms with Crippen molar-refractivity contribution in [1.82, 2.24) is 19.6 Å². The summed E-state index contributed by atoms with van der Waals surface area (Å²) in [4.78, 5) is 4.42. The summed E-state index contributed by atoms with van der Waals surface area (Å²) in [7, 11) is 7.55. The summed E-state index contributed by atoms with van der Waals surface area (Å²) in [5.41, 5.74) is 0.740. The Balaban J connectivity index is 2.23. The second-order valence-corrected chi connectivity index (χ2v) is 4.98. The lowest BCUT2D eigenvalue weighted by molar-refractivity contribution is 0.00887. The number of aliphatic hydroxyl groups excluding tert-OH is 1. The van der Waals surface area contributed by atoms with E-state index in [1.165, 1.54) is 0 Å². The van der Waals surface area contributed by atoms with Crippen LogP contribution in [0.5, 0.6) is 5.75 Å². The molecule has 1 aromatic rings. The molecule has 2 heterocycles. The average molecular weight is 254 g/mol. The molecule has 102 valence electrons. The first kappa shape index (κ1) is 13.3. The Morgan fingerprint density at radius 2 is 2.11 bits per heavy atom. The van der Waals surface area contributed by atoms with E-state index in [1.54, 1.807) is 18.0 Å². The minimum atomic E-state index is -0.597. The molecule has 1 N–H and O–H groups in total. The van der Waals surface area contributed by atoms with Gasteiger partial charge in [0.2, 0.25) is 0 Å². The van der Waals surface area contributed by atoms with Crippen molar-refractivity contribution < 1.29 is 9.84 Å². The van der Waals surface area contributed by atoms with Crippen molar-refractivity contribution in [2.45, 2.75) is 12.1 Å². The number of likely N-dealkylation sites (N-methyl/N-ethyl adjacent to an activating group) is 2. The van der Waals surface area contributed by atoms with Crippen LogP contribution in [0.2, 0.25) is 0 Å². The van der Waals surface area contributed by atoms with Gasteiger partial charge in [-0.2, -0.15) is 5.10 Å². The van der Waals surface area contributed by atoms with Crippen LogP contribution in [0, 0.1) is 0 Å². The molecule has 0 bridgehead atoms. The van der Waals surface area contributed by atoms with E-state index >= 15 is 0 Å². The van der Waals surface area contributed by atoms with E-state index in [1.807, 2.05) is 14.1 Å². The number of methoxy groups -OCH3 is 1. The lowest BCUT2D eigenvalue weighted by Crippen LogP contribution is -2.52. The molecule has 6 nitrogen and oxygen atoms in total. The molecule has 2 rings (SSSR count). The van der Waals surface area contributed by atoms with Gasteiger partial charge in [-0.25, -0.2) is 0 Å². The highest BCUT2D eigenvalue weighted by Crippen LogP contribution is 2.29. The van der Waals surface area contributed by atoms with Crippen molar-refractivity contribution in [3.8, 4) is 5.75 Å². The number of ether oxygens (including phenoxy) is 1. The Morgan fingerprint density at radius 3 is 2.78 bits per heavy atom. The number of aromatic nitrogens is 2. The number of aryl methyl sites for hydroxylation is 1. The maximum atomic E-state index is 10.6. The van der Waals surface area contributed by atoms with Crippen LogP contribution in [0.15, 0.2) is 6.20 Å². The standard InChI is InChI=1S/C12H22N4O2/c1-14-5-6-15(2)9(8-14)12(17)11-10(18-4)7-13-16(11)3/h7,9,12,17H,5-6,8H2,1-4H3. The molecule has 0 aromatic carbocycles. The van der Waals surface area contributed by atoms with Crippen LogP contribution in [0.3, 0.4) is 0 Å². The van der Waals surface area contributed by atoms with Gasteiger partial charge in [-0.15, -0.1) is 0 Å². The van der Waals surface area contributed by atoms with Crippen LogP contribution >= 0.6 is 0 Å². The molecular formula is C12H22N4O2. The first-order chi connectivity index (χ1) is 8.54. The summed E-state index contributed by atoms with van der Waals surface area (Å²) in [6, 6.07) is 0.0630. The normalized spacial score (nSPS) is 24.2. The summed E-state index contributed by atoms with van der Waals surface area (Å²) < 4.78 is 6.95. The molecule has 0 spiro atoms. The van der Waals surface area contributed by atoms with Gasteiger partial charge >= 0.3 is 0 Å². The van der Waals surface area contributed by atoms with Crippen molar-refractivity contribution in [2.24, 2.45) is 7.05 Å². The first-order valence-electron chi connectivity index (χ1n) is 6.17. The fourth-order valence-corrected chi connectivity index (χ4v) is 2.49. The molecule has 6 heteroatoms. The molecule has 1 saturated heterocycles. The van der Waals surface area contributed by atoms with Gasteiger partial charge in [-0.3, -0.25) is 9.58 Å². The van der Waals surface area contributed by atoms with E-state index in [-0.39, 0.29) is 6.04 Å². The molecule has 18 heavy (non-hydrogen) atoms. The van der Waals surface area contributed by atoms with Crippen LogP contribution in [-0.4, -0.2) is 71.6 Å². The first-order valence-corrected chi connectivity index (χ1v) is 6.17. The second kappa shape index (κ2) is 5.26. The molecule has 1 fully saturated rings. The van der Waals surface area contributed by atoms with E-state index in [4.69, 9.17) is 4.74 Å². The van der Waals surface area contributed by atoms with Crippen LogP contribution < -0.4 is 4.74 Å². The Hall–Kier alpha value is -1.11. The molecule has 2 unspecified atom stereocenters. The van der Waals surface area contributed by atoms with E-state index in [2.05, 4.69) is 21.9 Å². The van der Waals surface area contributed by atoms with Crippen LogP contribution in [0.1, 0.15) is 11.8 Å². The Kier molecular flexibility index (Phi) is 3.89. The molecule has 0 radical (unpaired) electrons. The van der Waals surface area contributed by atoms with Crippen LogP contribution in [-0.2, 0) is 7.05 Å². The molecule has 1 aliphatic rings. The van der Waals surface area contributed by atoms with Gasteiger partial charge in [-0.05, 0) is 14.1 Å². The second-order valence-electron chi connectivity index (χ2n) is 4.98. The molecule has 0 saturated carbocycles. The number of rotatable bonds is 3. The molecule has 1 aliphatic heterocycles. The fraction of sp³-hybridized carbons (Fsp3) is 0.750. The van der Waals surface area contributed by atoms with E-state index in [9.17, 15) is 5.11 Å². The minimum absolute atomic E-state index is 0.0630. The SMILES string of the molecule is COc1cnn(C)c1C(O)C1CN(C)CCN1C. The third-order valence-corrected chi connectivity index (χ3v) is 3.71. The van der Waals surface area contributed by atoms with Gasteiger partial charge in [0.25, 0.3) is 0 Å². The van der Waals surface area contributed by atoms with E-state index < -0.39 is 6.10 Å². The van der Waals surface area contributed by atoms with E-state index in [0.717, 1.165) is 25.3 Å². The Labute approximate surface area is 108 Å². The largest absolute Gasteiger partial charge is 0.493 e. The highest BCUT2D eigenvalue weighted by Gasteiger charge is 2.33. The van der Waals surface area contributed by atoms with Crippen molar-refractivity contribution in [3.63, 3.8) is 0 Å². The third kappa shape index (κ3) is 2.36. The van der Waals surface area contributed by atoms with Gasteiger partial charge in [0.15, 0.2) is 5.75 Å². The van der Waals surface area contributed by atoms with Crippen LogP contribution in [0.4, 0.5) is 0 Å². The zero-order valence-electron chi connectivity index (χ0n) is 11.5. The topological polar surface area (TPSA) is 53.8 Å². The average Bonchev–Trinajstić information content (AvgIpc) is 2.72. The highest BCUT2D eigenvalue weighted by molar-refractivity contribution is 5.28. The van der Waals surface area contributed by atoms with Crippen molar-refractivity contribution in [2.75, 3.05) is 40.8 Å². The summed E-state index contributed by atoms with van der Waals surface area (Å²) in [5, 5.41) is 14.8. The minimum Gasteiger partial charge on any atom is -0.493 e. The Bertz CT molecular complexity index is 407. The van der Waals surface area contributed by atoms with Gasteiger partial charge in [0, 0.05) is 26.7 Å². The number of aliphatic hydroxyl groups is 1. The molecule has 0 amide bonds. The van der Waals surface area contributed by atoms with Crippen molar-refractivity contribution in [1.29, 1.82) is 0 Å². The fourth-order valence-electron chi connectivity index (χ4n) is 2.49. The maximum absolute atomic E-state index is 10.6. The van der Waals surface area contributed by atoms with Crippen molar-refractivity contribution in [3.05, 3.63) is 11.9 Å². The maximum Gasteiger partial charge on any atom is 0.162 e. The van der Waals surface area contributed by atoms with Gasteiger partial charge in [0.1, 0.15) is 11.8 Å². The number of piperazine rings is 1. The van der Waals surface area contributed by atoms with Crippen molar-refractivity contribution >= 4 is 0 Å². The highest BCUT2D eigenvalue weighted by atomic mass is 16.5. The molecule has 2 atom stereocenters. The van der Waals surface area contributed by atoms with Crippen LogP contribution in [0.25, 0.3) is 0 Å². The number of hydrogen-bond acceptors (Lipinski definition) is 5. The predicted octanol–water partition coefficient (Wildman–Crippen LogP) is -0.292. The smallest absolute Gasteiger partial charge is 0.162 e. The summed E-state index contributed by atoms with van der Waals surface area (Å²) in [6.07, 6.45) is 1.05. The number of hydrogen-bond donors (Lipinski definition) is 1. The lowest BCUT2D eigenvalue weighted by atomic mass is 10.0. The van der Waals surface area contributed by atoms with Gasteiger partial charge < -0.3 is 14.7 Å².